The van der Waals surface area contributed by atoms with Crippen molar-refractivity contribution in [3.05, 3.63) is 48.6 Å². The van der Waals surface area contributed by atoms with Crippen molar-refractivity contribution in [1.29, 1.82) is 0 Å². The number of unbranched alkanes of at least 4 members (excludes halogenated alkanes) is 26. The van der Waals surface area contributed by atoms with Gasteiger partial charge in [-0.25, -0.2) is 4.57 Å². The van der Waals surface area contributed by atoms with Crippen LogP contribution in [0, 0.1) is 0 Å². The number of aliphatic hydroxyl groups excluding tert-OH is 2. The summed E-state index contributed by atoms with van der Waals surface area (Å²) in [4.78, 5) is 35.1. The molecule has 0 aliphatic rings. The zero-order valence-electron chi connectivity index (χ0n) is 40.3. The molecule has 368 valence electrons. The molecule has 0 aromatic heterocycles. The highest BCUT2D eigenvalue weighted by Gasteiger charge is 2.27. The van der Waals surface area contributed by atoms with Crippen molar-refractivity contribution < 1.29 is 47.8 Å². The summed E-state index contributed by atoms with van der Waals surface area (Å²) in [6.07, 6.45) is 53.8. The first-order valence-corrected chi connectivity index (χ1v) is 27.1. The third-order valence-electron chi connectivity index (χ3n) is 10.9. The van der Waals surface area contributed by atoms with Crippen molar-refractivity contribution in [3.63, 3.8) is 0 Å². The Morgan fingerprint density at radius 1 is 0.476 bits per heavy atom. The molecule has 0 saturated carbocycles. The number of hydrogen-bond donors (Lipinski definition) is 3. The minimum atomic E-state index is -4.64. The Kier molecular flexibility index (Phi) is 46.3. The highest BCUT2D eigenvalue weighted by Crippen LogP contribution is 2.43. The van der Waals surface area contributed by atoms with E-state index >= 15 is 0 Å². The number of carbonyl (C=O) groups is 2. The van der Waals surface area contributed by atoms with Gasteiger partial charge in [0, 0.05) is 12.8 Å². The maximum atomic E-state index is 12.7. The van der Waals surface area contributed by atoms with E-state index in [9.17, 15) is 24.2 Å². The minimum absolute atomic E-state index is 0.122. The van der Waals surface area contributed by atoms with Gasteiger partial charge >= 0.3 is 19.8 Å². The molecule has 10 nitrogen and oxygen atoms in total. The molecule has 0 aromatic carbocycles. The first-order valence-electron chi connectivity index (χ1n) is 25.6. The van der Waals surface area contributed by atoms with Crippen molar-refractivity contribution in [2.24, 2.45) is 0 Å². The van der Waals surface area contributed by atoms with Crippen LogP contribution in [-0.2, 0) is 32.7 Å². The van der Waals surface area contributed by atoms with Gasteiger partial charge in [-0.05, 0) is 77.0 Å². The van der Waals surface area contributed by atoms with Gasteiger partial charge in [-0.15, -0.1) is 0 Å². The van der Waals surface area contributed by atoms with E-state index in [-0.39, 0.29) is 19.4 Å². The normalized spacial score (nSPS) is 14.0. The van der Waals surface area contributed by atoms with Gasteiger partial charge < -0.3 is 24.6 Å². The smallest absolute Gasteiger partial charge is 0.462 e. The Morgan fingerprint density at radius 3 is 1.37 bits per heavy atom. The molecule has 0 aromatic rings. The first-order chi connectivity index (χ1) is 30.7. The summed E-state index contributed by atoms with van der Waals surface area (Å²) < 4.78 is 32.8. The van der Waals surface area contributed by atoms with Gasteiger partial charge in [0.25, 0.3) is 0 Å². The topological polar surface area (TPSA) is 149 Å². The number of phosphoric ester groups is 1. The van der Waals surface area contributed by atoms with Gasteiger partial charge in [-0.3, -0.25) is 18.6 Å². The largest absolute Gasteiger partial charge is 0.472 e. The van der Waals surface area contributed by atoms with Gasteiger partial charge in [-0.2, -0.15) is 0 Å². The number of aliphatic hydroxyl groups is 2. The average Bonchev–Trinajstić information content (AvgIpc) is 3.27. The van der Waals surface area contributed by atoms with Crippen LogP contribution < -0.4 is 0 Å². The molecule has 0 aliphatic heterocycles. The Hall–Kier alpha value is -2.07. The van der Waals surface area contributed by atoms with Crippen LogP contribution in [0.15, 0.2) is 48.6 Å². The lowest BCUT2D eigenvalue weighted by Gasteiger charge is -2.20. The fraction of sp³-hybridized carbons (Fsp3) is 0.808. The molecule has 3 N–H and O–H groups in total. The number of carbonyl (C=O) groups excluding carboxylic acids is 2. The highest BCUT2D eigenvalue weighted by atomic mass is 31.2. The zero-order chi connectivity index (χ0) is 46.2. The second-order valence-corrected chi connectivity index (χ2v) is 18.6. The van der Waals surface area contributed by atoms with Gasteiger partial charge in [0.15, 0.2) is 6.10 Å². The summed E-state index contributed by atoms with van der Waals surface area (Å²) in [5, 5.41) is 18.4. The molecule has 0 spiro atoms. The summed E-state index contributed by atoms with van der Waals surface area (Å²) in [6.45, 7) is 2.33. The van der Waals surface area contributed by atoms with Crippen LogP contribution in [0.3, 0.4) is 0 Å². The third-order valence-corrected chi connectivity index (χ3v) is 11.9. The van der Waals surface area contributed by atoms with Crippen LogP contribution in [0.25, 0.3) is 0 Å². The summed E-state index contributed by atoms with van der Waals surface area (Å²) in [7, 11) is -4.64. The van der Waals surface area contributed by atoms with Gasteiger partial charge in [0.1, 0.15) is 12.7 Å². The molecule has 1 unspecified atom stereocenters. The summed E-state index contributed by atoms with van der Waals surface area (Å²) in [5.74, 6) is -0.979. The van der Waals surface area contributed by atoms with Crippen LogP contribution in [0.4, 0.5) is 0 Å². The molecule has 11 heteroatoms. The second-order valence-electron chi connectivity index (χ2n) is 17.2. The summed E-state index contributed by atoms with van der Waals surface area (Å²) >= 11 is 0. The van der Waals surface area contributed by atoms with Gasteiger partial charge in [0.05, 0.1) is 19.8 Å². The quantitative estimate of drug-likeness (QED) is 0.0233. The summed E-state index contributed by atoms with van der Waals surface area (Å²) in [5.41, 5.74) is 0. The van der Waals surface area contributed by atoms with Crippen LogP contribution in [-0.4, -0.2) is 65.7 Å². The lowest BCUT2D eigenvalue weighted by molar-refractivity contribution is -0.161. The average molecular weight is 911 g/mol. The second kappa shape index (κ2) is 47.9. The maximum Gasteiger partial charge on any atom is 0.472 e. The van der Waals surface area contributed by atoms with Gasteiger partial charge in [-0.1, -0.05) is 191 Å². The molecule has 0 bridgehead atoms. The molecular formula is C52H95O10P. The van der Waals surface area contributed by atoms with Gasteiger partial charge in [0.2, 0.25) is 0 Å². The number of allylic oxidation sites excluding steroid dienone is 8. The monoisotopic (exact) mass is 911 g/mol. The van der Waals surface area contributed by atoms with Crippen LogP contribution >= 0.6 is 7.82 Å². The highest BCUT2D eigenvalue weighted by molar-refractivity contribution is 7.47. The predicted molar refractivity (Wildman–Crippen MR) is 261 cm³/mol. The molecule has 0 rings (SSSR count). The number of hydrogen-bond acceptors (Lipinski definition) is 9. The molecule has 0 saturated heterocycles. The van der Waals surface area contributed by atoms with Crippen molar-refractivity contribution in [3.8, 4) is 0 Å². The van der Waals surface area contributed by atoms with E-state index in [4.69, 9.17) is 23.6 Å². The molecule has 63 heavy (non-hydrogen) atoms. The number of phosphoric acid groups is 1. The molecule has 3 atom stereocenters. The number of esters is 2. The Bertz CT molecular complexity index is 1190. The minimum Gasteiger partial charge on any atom is -0.462 e. The third kappa shape index (κ3) is 47.7. The lowest BCUT2D eigenvalue weighted by Crippen LogP contribution is -2.29. The fourth-order valence-corrected chi connectivity index (χ4v) is 7.78. The molecule has 0 fully saturated rings. The van der Waals surface area contributed by atoms with Crippen LogP contribution in [0.2, 0.25) is 0 Å². The molecular weight excluding hydrogens is 816 g/mol. The van der Waals surface area contributed by atoms with Crippen LogP contribution in [0.5, 0.6) is 0 Å². The standard InChI is InChI=1S/C52H95O10P/c1-3-5-7-9-11-13-15-17-19-21-22-23-24-25-26-28-30-32-34-36-38-40-42-44-52(56)62-50(48-61-63(57,58)60-46-49(54)45-53)47-59-51(55)43-41-39-37-35-33-31-29-27-20-18-16-14-12-10-8-6-4-2/h12,14,18,20,28,30,36,38,49-50,53-54H,3-11,13,15-17,19,21-27,29,31-35,37,39-48H2,1-2H3,(H,57,58)/b14-12+,20-18+,30-28+,38-36+/t49-,50+/m0/s1. The van der Waals surface area contributed by atoms with Crippen molar-refractivity contribution in [2.75, 3.05) is 26.4 Å². The summed E-state index contributed by atoms with van der Waals surface area (Å²) in [6, 6.07) is 0. The van der Waals surface area contributed by atoms with Crippen molar-refractivity contribution in [1.82, 2.24) is 0 Å². The van der Waals surface area contributed by atoms with E-state index in [1.807, 2.05) is 0 Å². The van der Waals surface area contributed by atoms with Crippen LogP contribution in [0.1, 0.15) is 232 Å². The Morgan fingerprint density at radius 2 is 0.857 bits per heavy atom. The van der Waals surface area contributed by atoms with E-state index in [0.717, 1.165) is 51.4 Å². The molecule has 0 radical (unpaired) electrons. The maximum absolute atomic E-state index is 12.7. The molecule has 0 aliphatic carbocycles. The van der Waals surface area contributed by atoms with E-state index in [1.54, 1.807) is 0 Å². The fourth-order valence-electron chi connectivity index (χ4n) is 6.99. The number of rotatable bonds is 48. The Labute approximate surface area is 385 Å². The lowest BCUT2D eigenvalue weighted by atomic mass is 10.0. The van der Waals surface area contributed by atoms with E-state index in [2.05, 4.69) is 62.5 Å². The van der Waals surface area contributed by atoms with Crippen molar-refractivity contribution in [2.45, 2.75) is 244 Å². The van der Waals surface area contributed by atoms with E-state index in [1.165, 1.54) is 135 Å². The first kappa shape index (κ1) is 60.9. The molecule has 0 amide bonds. The van der Waals surface area contributed by atoms with E-state index < -0.39 is 51.8 Å². The number of ether oxygens (including phenoxy) is 2. The Balaban J connectivity index is 4.24. The molecule has 0 heterocycles. The van der Waals surface area contributed by atoms with Crippen molar-refractivity contribution >= 4 is 19.8 Å². The predicted octanol–water partition coefficient (Wildman–Crippen LogP) is 14.5. The SMILES string of the molecule is CCCCC/C=C/C/C=C/CCCCCCCCCC(=O)OC[C@H](COP(=O)(O)OC[C@@H](O)CO)OC(=O)CCC/C=C/CC/C=C/CCCCCCCCCCCCCCCC. The zero-order valence-corrected chi connectivity index (χ0v) is 41.2. The van der Waals surface area contributed by atoms with E-state index in [0.29, 0.717) is 19.3 Å².